The Labute approximate surface area is 130 Å². The van der Waals surface area contributed by atoms with Crippen LogP contribution in [0.5, 0.6) is 0 Å². The van der Waals surface area contributed by atoms with Crippen LogP contribution >= 0.6 is 11.8 Å². The highest BCUT2D eigenvalue weighted by Gasteiger charge is 2.27. The van der Waals surface area contributed by atoms with Crippen LogP contribution in [0.25, 0.3) is 0 Å². The fourth-order valence-electron chi connectivity index (χ4n) is 2.76. The number of thioether (sulfide) groups is 1. The van der Waals surface area contributed by atoms with Gasteiger partial charge < -0.3 is 15.3 Å². The maximum atomic E-state index is 12.1. The molecule has 2 aliphatic rings. The number of hydrogen-bond acceptors (Lipinski definition) is 4. The van der Waals surface area contributed by atoms with Crippen molar-refractivity contribution in [2.24, 2.45) is 5.92 Å². The van der Waals surface area contributed by atoms with Crippen molar-refractivity contribution in [3.63, 3.8) is 0 Å². The molecule has 0 aromatic heterocycles. The normalized spacial score (nSPS) is 22.8. The predicted molar refractivity (Wildman–Crippen MR) is 83.7 cm³/mol. The molecule has 0 spiro atoms. The van der Waals surface area contributed by atoms with E-state index in [0.717, 1.165) is 6.54 Å². The van der Waals surface area contributed by atoms with E-state index in [1.165, 1.54) is 24.3 Å². The molecule has 0 aromatic rings. The highest BCUT2D eigenvalue weighted by molar-refractivity contribution is 7.99. The molecule has 0 saturated carbocycles. The van der Waals surface area contributed by atoms with Gasteiger partial charge in [0, 0.05) is 32.7 Å². The van der Waals surface area contributed by atoms with E-state index in [0.29, 0.717) is 32.1 Å². The van der Waals surface area contributed by atoms with E-state index in [1.54, 1.807) is 11.8 Å². The molecule has 2 heterocycles. The summed E-state index contributed by atoms with van der Waals surface area (Å²) in [5.74, 6) is 2.21. The lowest BCUT2D eigenvalue weighted by Gasteiger charge is -2.36. The van der Waals surface area contributed by atoms with Gasteiger partial charge >= 0.3 is 12.0 Å². The van der Waals surface area contributed by atoms with Crippen LogP contribution < -0.4 is 5.32 Å². The maximum Gasteiger partial charge on any atom is 0.320 e. The van der Waals surface area contributed by atoms with Gasteiger partial charge in [0.05, 0.1) is 0 Å². The summed E-state index contributed by atoms with van der Waals surface area (Å²) in [5.41, 5.74) is 0. The first kappa shape index (κ1) is 16.4. The molecular formula is C14H25N3O3S. The molecule has 2 fully saturated rings. The second-order valence-corrected chi connectivity index (χ2v) is 7.00. The van der Waals surface area contributed by atoms with Gasteiger partial charge in [-0.25, -0.2) is 4.79 Å². The minimum atomic E-state index is -0.803. The molecule has 2 saturated heterocycles. The Bertz CT molecular complexity index is 366. The highest BCUT2D eigenvalue weighted by atomic mass is 32.2. The number of aliphatic carboxylic acids is 1. The summed E-state index contributed by atoms with van der Waals surface area (Å²) in [4.78, 5) is 26.8. The van der Waals surface area contributed by atoms with E-state index >= 15 is 0 Å². The van der Waals surface area contributed by atoms with Gasteiger partial charge in [0.25, 0.3) is 0 Å². The third-order valence-corrected chi connectivity index (χ3v) is 5.44. The first-order valence-corrected chi connectivity index (χ1v) is 8.80. The molecule has 2 aliphatic heterocycles. The minimum Gasteiger partial charge on any atom is -0.480 e. The van der Waals surface area contributed by atoms with Gasteiger partial charge in [-0.2, -0.15) is 11.8 Å². The molecule has 7 heteroatoms. The highest BCUT2D eigenvalue weighted by Crippen LogP contribution is 2.21. The lowest BCUT2D eigenvalue weighted by Crippen LogP contribution is -2.55. The lowest BCUT2D eigenvalue weighted by molar-refractivity contribution is -0.143. The Balaban J connectivity index is 1.69. The lowest BCUT2D eigenvalue weighted by atomic mass is 10.0. The molecule has 2 amide bonds. The average molecular weight is 315 g/mol. The SMILES string of the molecule is CC(C(=O)O)N1CCN(C(=O)NCC2CCSCC2)CC1. The van der Waals surface area contributed by atoms with E-state index < -0.39 is 12.0 Å². The number of rotatable bonds is 4. The van der Waals surface area contributed by atoms with Crippen LogP contribution in [0.3, 0.4) is 0 Å². The summed E-state index contributed by atoms with van der Waals surface area (Å²) in [5, 5.41) is 12.0. The number of carbonyl (C=O) groups is 2. The molecule has 0 radical (unpaired) electrons. The van der Waals surface area contributed by atoms with E-state index in [9.17, 15) is 9.59 Å². The zero-order chi connectivity index (χ0) is 15.2. The monoisotopic (exact) mass is 315 g/mol. The van der Waals surface area contributed by atoms with Crippen LogP contribution in [0, 0.1) is 5.92 Å². The van der Waals surface area contributed by atoms with E-state index in [4.69, 9.17) is 5.11 Å². The van der Waals surface area contributed by atoms with Crippen molar-refractivity contribution in [1.82, 2.24) is 15.1 Å². The van der Waals surface area contributed by atoms with E-state index in [-0.39, 0.29) is 6.03 Å². The number of nitrogens with one attached hydrogen (secondary N) is 1. The van der Waals surface area contributed by atoms with Crippen molar-refractivity contribution in [2.75, 3.05) is 44.2 Å². The van der Waals surface area contributed by atoms with Gasteiger partial charge in [0.15, 0.2) is 0 Å². The van der Waals surface area contributed by atoms with Crippen molar-refractivity contribution >= 4 is 23.8 Å². The first-order chi connectivity index (χ1) is 10.1. The number of carboxylic acid groups (broad SMARTS) is 1. The number of nitrogens with zero attached hydrogens (tertiary/aromatic N) is 2. The number of piperazine rings is 1. The second kappa shape index (κ2) is 7.89. The molecule has 0 aliphatic carbocycles. The van der Waals surface area contributed by atoms with Gasteiger partial charge in [0.1, 0.15) is 6.04 Å². The van der Waals surface area contributed by atoms with Crippen LogP contribution in [0.2, 0.25) is 0 Å². The standard InChI is InChI=1S/C14H25N3O3S/c1-11(13(18)19)16-4-6-17(7-5-16)14(20)15-10-12-2-8-21-9-3-12/h11-12H,2-10H2,1H3,(H,15,20)(H,18,19). The van der Waals surface area contributed by atoms with Crippen molar-refractivity contribution in [2.45, 2.75) is 25.8 Å². The summed E-state index contributed by atoms with van der Waals surface area (Å²) in [7, 11) is 0. The topological polar surface area (TPSA) is 72.9 Å². The van der Waals surface area contributed by atoms with Crippen molar-refractivity contribution < 1.29 is 14.7 Å². The molecule has 0 bridgehead atoms. The van der Waals surface area contributed by atoms with Crippen LogP contribution in [0.15, 0.2) is 0 Å². The number of carboxylic acids is 1. The second-order valence-electron chi connectivity index (χ2n) is 5.78. The summed E-state index contributed by atoms with van der Waals surface area (Å²) < 4.78 is 0. The Morgan fingerprint density at radius 1 is 1.24 bits per heavy atom. The summed E-state index contributed by atoms with van der Waals surface area (Å²) >= 11 is 1.99. The number of urea groups is 1. The third-order valence-electron chi connectivity index (χ3n) is 4.39. The van der Waals surface area contributed by atoms with Crippen LogP contribution in [-0.2, 0) is 4.79 Å². The van der Waals surface area contributed by atoms with Crippen molar-refractivity contribution in [1.29, 1.82) is 0 Å². The van der Waals surface area contributed by atoms with Gasteiger partial charge in [-0.1, -0.05) is 0 Å². The molecule has 21 heavy (non-hydrogen) atoms. The van der Waals surface area contributed by atoms with Gasteiger partial charge in [-0.3, -0.25) is 9.69 Å². The third kappa shape index (κ3) is 4.78. The van der Waals surface area contributed by atoms with Gasteiger partial charge in [-0.15, -0.1) is 0 Å². The number of amides is 2. The summed E-state index contributed by atoms with van der Waals surface area (Å²) in [6.45, 7) is 4.92. The number of hydrogen-bond donors (Lipinski definition) is 2. The first-order valence-electron chi connectivity index (χ1n) is 7.65. The predicted octanol–water partition coefficient (Wildman–Crippen LogP) is 0.930. The quantitative estimate of drug-likeness (QED) is 0.807. The fourth-order valence-corrected chi connectivity index (χ4v) is 3.97. The Morgan fingerprint density at radius 2 is 1.86 bits per heavy atom. The molecule has 1 atom stereocenters. The average Bonchev–Trinajstić information content (AvgIpc) is 2.53. The van der Waals surface area contributed by atoms with Crippen molar-refractivity contribution in [3.8, 4) is 0 Å². The van der Waals surface area contributed by atoms with Gasteiger partial charge in [-0.05, 0) is 37.2 Å². The smallest absolute Gasteiger partial charge is 0.320 e. The zero-order valence-corrected chi connectivity index (χ0v) is 13.4. The molecule has 2 rings (SSSR count). The number of carbonyl (C=O) groups excluding carboxylic acids is 1. The Morgan fingerprint density at radius 3 is 2.43 bits per heavy atom. The largest absolute Gasteiger partial charge is 0.480 e. The molecule has 0 aromatic carbocycles. The Hall–Kier alpha value is -0.950. The molecule has 6 nitrogen and oxygen atoms in total. The summed E-state index contributed by atoms with van der Waals surface area (Å²) in [6, 6.07) is -0.481. The van der Waals surface area contributed by atoms with E-state index in [2.05, 4.69) is 5.32 Å². The molecule has 2 N–H and O–H groups in total. The van der Waals surface area contributed by atoms with Gasteiger partial charge in [0.2, 0.25) is 0 Å². The fraction of sp³-hybridized carbons (Fsp3) is 0.857. The Kier molecular flexibility index (Phi) is 6.17. The van der Waals surface area contributed by atoms with Crippen LogP contribution in [-0.4, -0.2) is 77.2 Å². The van der Waals surface area contributed by atoms with Crippen LogP contribution in [0.1, 0.15) is 19.8 Å². The maximum absolute atomic E-state index is 12.1. The van der Waals surface area contributed by atoms with E-state index in [1.807, 2.05) is 16.7 Å². The minimum absolute atomic E-state index is 0.00384. The zero-order valence-electron chi connectivity index (χ0n) is 12.6. The molecule has 120 valence electrons. The van der Waals surface area contributed by atoms with Crippen molar-refractivity contribution in [3.05, 3.63) is 0 Å². The molecular weight excluding hydrogens is 290 g/mol. The molecule has 1 unspecified atom stereocenters. The van der Waals surface area contributed by atoms with Crippen LogP contribution in [0.4, 0.5) is 4.79 Å². The summed E-state index contributed by atoms with van der Waals surface area (Å²) in [6.07, 6.45) is 2.38.